The van der Waals surface area contributed by atoms with Gasteiger partial charge in [-0.25, -0.2) is 4.68 Å². The van der Waals surface area contributed by atoms with E-state index in [1.165, 1.54) is 0 Å². The average molecular weight is 317 g/mol. The molecule has 0 bridgehead atoms. The first-order valence-corrected chi connectivity index (χ1v) is 7.85. The third-order valence-corrected chi connectivity index (χ3v) is 4.03. The number of para-hydroxylation sites is 2. The van der Waals surface area contributed by atoms with Gasteiger partial charge < -0.3 is 4.74 Å². The summed E-state index contributed by atoms with van der Waals surface area (Å²) >= 11 is 0. The highest BCUT2D eigenvalue weighted by Crippen LogP contribution is 2.25. The van der Waals surface area contributed by atoms with Gasteiger partial charge in [-0.1, -0.05) is 36.4 Å². The highest BCUT2D eigenvalue weighted by Gasteiger charge is 2.17. The maximum absolute atomic E-state index is 9.51. The Hall–Kier alpha value is -3.06. The normalized spacial score (nSPS) is 10.4. The Balaban J connectivity index is 2.00. The van der Waals surface area contributed by atoms with Gasteiger partial charge in [-0.15, -0.1) is 0 Å². The number of hydrogen-bond acceptors (Lipinski definition) is 3. The van der Waals surface area contributed by atoms with Crippen LogP contribution in [0.3, 0.4) is 0 Å². The summed E-state index contributed by atoms with van der Waals surface area (Å²) in [7, 11) is 0. The van der Waals surface area contributed by atoms with Crippen molar-refractivity contribution in [3.63, 3.8) is 0 Å². The fourth-order valence-corrected chi connectivity index (χ4v) is 2.80. The topological polar surface area (TPSA) is 50.8 Å². The Bertz CT molecular complexity index is 884. The quantitative estimate of drug-likeness (QED) is 0.723. The molecule has 4 nitrogen and oxygen atoms in total. The Morgan fingerprint density at radius 2 is 1.67 bits per heavy atom. The molecule has 0 atom stereocenters. The Labute approximate surface area is 141 Å². The van der Waals surface area contributed by atoms with Crippen molar-refractivity contribution in [1.29, 1.82) is 5.26 Å². The zero-order valence-electron chi connectivity index (χ0n) is 14.1. The van der Waals surface area contributed by atoms with Crippen LogP contribution in [0.5, 0.6) is 5.75 Å². The molecule has 3 aromatic rings. The molecule has 3 rings (SSSR count). The van der Waals surface area contributed by atoms with Crippen molar-refractivity contribution in [2.45, 2.75) is 27.4 Å². The van der Waals surface area contributed by atoms with Gasteiger partial charge in [0, 0.05) is 0 Å². The molecular formula is C20H19N3O. The molecule has 0 aliphatic rings. The van der Waals surface area contributed by atoms with E-state index in [9.17, 15) is 5.26 Å². The zero-order valence-corrected chi connectivity index (χ0v) is 14.1. The number of nitriles is 1. The summed E-state index contributed by atoms with van der Waals surface area (Å²) in [6, 6.07) is 18.1. The van der Waals surface area contributed by atoms with E-state index in [1.807, 2.05) is 69.3 Å². The lowest BCUT2D eigenvalue weighted by atomic mass is 10.1. The first-order chi connectivity index (χ1) is 11.6. The summed E-state index contributed by atoms with van der Waals surface area (Å²) in [6.07, 6.45) is 0. The molecule has 2 aromatic carbocycles. The molecular weight excluding hydrogens is 298 g/mol. The lowest BCUT2D eigenvalue weighted by Crippen LogP contribution is -2.08. The number of benzene rings is 2. The van der Waals surface area contributed by atoms with Crippen LogP contribution < -0.4 is 4.74 Å². The summed E-state index contributed by atoms with van der Waals surface area (Å²) in [4.78, 5) is 0. The first kappa shape index (κ1) is 15.8. The number of nitrogens with zero attached hydrogens (tertiary/aromatic N) is 3. The van der Waals surface area contributed by atoms with Crippen LogP contribution in [0.25, 0.3) is 5.69 Å². The van der Waals surface area contributed by atoms with Crippen LogP contribution in [-0.2, 0) is 6.61 Å². The van der Waals surface area contributed by atoms with Crippen molar-refractivity contribution >= 4 is 0 Å². The van der Waals surface area contributed by atoms with Gasteiger partial charge in [0.1, 0.15) is 24.0 Å². The maximum atomic E-state index is 9.51. The predicted molar refractivity (Wildman–Crippen MR) is 93.3 cm³/mol. The van der Waals surface area contributed by atoms with Gasteiger partial charge in [-0.3, -0.25) is 0 Å². The SMILES string of the molecule is Cc1cccc(C)c1OCc1c(C#N)c(C)nn1-c1ccccc1. The molecule has 0 radical (unpaired) electrons. The summed E-state index contributed by atoms with van der Waals surface area (Å²) in [6.45, 7) is 6.19. The maximum Gasteiger partial charge on any atom is 0.132 e. The van der Waals surface area contributed by atoms with Crippen LogP contribution in [0.15, 0.2) is 48.5 Å². The van der Waals surface area contributed by atoms with Gasteiger partial charge in [0.05, 0.1) is 17.1 Å². The van der Waals surface area contributed by atoms with Crippen LogP contribution in [-0.4, -0.2) is 9.78 Å². The van der Waals surface area contributed by atoms with E-state index < -0.39 is 0 Å². The van der Waals surface area contributed by atoms with Crippen molar-refractivity contribution in [1.82, 2.24) is 9.78 Å². The number of aromatic nitrogens is 2. The zero-order chi connectivity index (χ0) is 17.1. The fourth-order valence-electron chi connectivity index (χ4n) is 2.80. The number of aryl methyl sites for hydroxylation is 3. The van der Waals surface area contributed by atoms with Gasteiger partial charge in [0.2, 0.25) is 0 Å². The average Bonchev–Trinajstić information content (AvgIpc) is 2.91. The van der Waals surface area contributed by atoms with E-state index in [4.69, 9.17) is 4.74 Å². The summed E-state index contributed by atoms with van der Waals surface area (Å²) in [5, 5.41) is 14.0. The van der Waals surface area contributed by atoms with Gasteiger partial charge in [-0.2, -0.15) is 10.4 Å². The molecule has 0 amide bonds. The van der Waals surface area contributed by atoms with E-state index in [-0.39, 0.29) is 0 Å². The second-order valence-corrected chi connectivity index (χ2v) is 5.78. The molecule has 0 aliphatic carbocycles. The summed E-state index contributed by atoms with van der Waals surface area (Å²) < 4.78 is 7.85. The minimum atomic E-state index is 0.296. The second kappa shape index (κ2) is 6.59. The van der Waals surface area contributed by atoms with Crippen LogP contribution in [0.2, 0.25) is 0 Å². The number of rotatable bonds is 4. The molecule has 1 aromatic heterocycles. The van der Waals surface area contributed by atoms with Crippen LogP contribution in [0.4, 0.5) is 0 Å². The number of hydrogen-bond donors (Lipinski definition) is 0. The van der Waals surface area contributed by atoms with E-state index in [0.29, 0.717) is 17.9 Å². The molecule has 0 spiro atoms. The van der Waals surface area contributed by atoms with E-state index in [1.54, 1.807) is 4.68 Å². The minimum absolute atomic E-state index is 0.296. The van der Waals surface area contributed by atoms with Crippen LogP contribution >= 0.6 is 0 Å². The molecule has 4 heteroatoms. The molecule has 0 fully saturated rings. The molecule has 0 unspecified atom stereocenters. The lowest BCUT2D eigenvalue weighted by molar-refractivity contribution is 0.293. The Morgan fingerprint density at radius 1 is 1.00 bits per heavy atom. The smallest absolute Gasteiger partial charge is 0.132 e. The molecule has 24 heavy (non-hydrogen) atoms. The minimum Gasteiger partial charge on any atom is -0.487 e. The highest BCUT2D eigenvalue weighted by molar-refractivity contribution is 5.44. The monoisotopic (exact) mass is 317 g/mol. The Kier molecular flexibility index (Phi) is 4.35. The van der Waals surface area contributed by atoms with Crippen LogP contribution in [0, 0.1) is 32.1 Å². The van der Waals surface area contributed by atoms with Crippen molar-refractivity contribution in [3.05, 3.63) is 76.6 Å². The van der Waals surface area contributed by atoms with Gasteiger partial charge in [0.25, 0.3) is 0 Å². The van der Waals surface area contributed by atoms with Crippen molar-refractivity contribution in [2.75, 3.05) is 0 Å². The largest absolute Gasteiger partial charge is 0.487 e. The molecule has 0 N–H and O–H groups in total. The first-order valence-electron chi connectivity index (χ1n) is 7.85. The predicted octanol–water partition coefficient (Wildman–Crippen LogP) is 4.25. The molecule has 0 saturated heterocycles. The van der Waals surface area contributed by atoms with E-state index in [2.05, 4.69) is 11.2 Å². The number of ether oxygens (including phenoxy) is 1. The van der Waals surface area contributed by atoms with Crippen molar-refractivity contribution in [3.8, 4) is 17.5 Å². The summed E-state index contributed by atoms with van der Waals surface area (Å²) in [5.74, 6) is 0.861. The van der Waals surface area contributed by atoms with Crippen molar-refractivity contribution in [2.24, 2.45) is 0 Å². The van der Waals surface area contributed by atoms with Crippen molar-refractivity contribution < 1.29 is 4.74 Å². The fraction of sp³-hybridized carbons (Fsp3) is 0.200. The molecule has 120 valence electrons. The molecule has 0 aliphatic heterocycles. The van der Waals surface area contributed by atoms with E-state index >= 15 is 0 Å². The molecule has 0 saturated carbocycles. The summed E-state index contributed by atoms with van der Waals surface area (Å²) in [5.41, 5.74) is 5.13. The van der Waals surface area contributed by atoms with E-state index in [0.717, 1.165) is 28.3 Å². The Morgan fingerprint density at radius 3 is 2.29 bits per heavy atom. The van der Waals surface area contributed by atoms with Gasteiger partial charge in [0.15, 0.2) is 0 Å². The van der Waals surface area contributed by atoms with Gasteiger partial charge in [-0.05, 0) is 44.0 Å². The highest BCUT2D eigenvalue weighted by atomic mass is 16.5. The molecule has 1 heterocycles. The van der Waals surface area contributed by atoms with Gasteiger partial charge >= 0.3 is 0 Å². The van der Waals surface area contributed by atoms with Crippen LogP contribution in [0.1, 0.15) is 28.1 Å². The second-order valence-electron chi connectivity index (χ2n) is 5.78. The standard InChI is InChI=1S/C20H19N3O/c1-14-8-7-9-15(2)20(14)24-13-19-18(12-21)16(3)22-23(19)17-10-5-4-6-11-17/h4-11H,13H2,1-3H3. The third-order valence-electron chi connectivity index (χ3n) is 4.03. The lowest BCUT2D eigenvalue weighted by Gasteiger charge is -2.13. The third kappa shape index (κ3) is 2.89.